The van der Waals surface area contributed by atoms with Gasteiger partial charge in [-0.2, -0.15) is 0 Å². The third-order valence-corrected chi connectivity index (χ3v) is 5.25. The van der Waals surface area contributed by atoms with Crippen molar-refractivity contribution < 1.29 is 13.9 Å². The fourth-order valence-electron chi connectivity index (χ4n) is 3.93. The molecular weight excluding hydrogens is 329 g/mol. The van der Waals surface area contributed by atoms with Gasteiger partial charge in [0.25, 0.3) is 0 Å². The summed E-state index contributed by atoms with van der Waals surface area (Å²) < 4.78 is 18.9. The molecule has 1 aliphatic heterocycles. The van der Waals surface area contributed by atoms with Gasteiger partial charge >= 0.3 is 6.09 Å². The maximum Gasteiger partial charge on any atom is 0.410 e. The molecule has 0 N–H and O–H groups in total. The number of hydrogen-bond acceptors (Lipinski definition) is 2. The van der Waals surface area contributed by atoms with E-state index in [0.29, 0.717) is 6.61 Å². The predicted molar refractivity (Wildman–Crippen MR) is 99.1 cm³/mol. The van der Waals surface area contributed by atoms with E-state index in [1.807, 2.05) is 41.3 Å². The van der Waals surface area contributed by atoms with Gasteiger partial charge in [0.1, 0.15) is 12.4 Å². The molecule has 1 heterocycles. The molecule has 1 fully saturated rings. The molecule has 0 spiro atoms. The Kier molecular flexibility index (Phi) is 4.74. The number of allylic oxidation sites excluding steroid dienone is 1. The predicted octanol–water partition coefficient (Wildman–Crippen LogP) is 4.96. The molecule has 1 atom stereocenters. The average Bonchev–Trinajstić information content (AvgIpc) is 3.28. The molecule has 0 radical (unpaired) electrons. The first-order valence-electron chi connectivity index (χ1n) is 9.16. The minimum Gasteiger partial charge on any atom is -0.445 e. The van der Waals surface area contributed by atoms with Gasteiger partial charge in [-0.25, -0.2) is 9.18 Å². The van der Waals surface area contributed by atoms with Gasteiger partial charge < -0.3 is 9.64 Å². The van der Waals surface area contributed by atoms with E-state index < -0.39 is 0 Å². The molecule has 0 saturated carbocycles. The number of amides is 1. The van der Waals surface area contributed by atoms with Crippen molar-refractivity contribution in [3.63, 3.8) is 0 Å². The number of likely N-dealkylation sites (tertiary alicyclic amines) is 1. The lowest BCUT2D eigenvalue weighted by atomic mass is 9.98. The Morgan fingerprint density at radius 1 is 1.19 bits per heavy atom. The second-order valence-electron chi connectivity index (χ2n) is 6.97. The van der Waals surface area contributed by atoms with Gasteiger partial charge in [-0.1, -0.05) is 42.5 Å². The molecule has 1 aliphatic carbocycles. The van der Waals surface area contributed by atoms with Gasteiger partial charge in [-0.15, -0.1) is 0 Å². The van der Waals surface area contributed by atoms with Crippen LogP contribution in [0.3, 0.4) is 0 Å². The van der Waals surface area contributed by atoms with Crippen LogP contribution in [0.2, 0.25) is 0 Å². The highest BCUT2D eigenvalue weighted by atomic mass is 19.1. The van der Waals surface area contributed by atoms with E-state index in [1.165, 1.54) is 11.6 Å². The average molecular weight is 351 g/mol. The Labute approximate surface area is 153 Å². The van der Waals surface area contributed by atoms with Crippen LogP contribution in [0.5, 0.6) is 0 Å². The standard InChI is InChI=1S/C22H22FNO2/c23-19-10-11-21-17(13-19)8-9-18(21)14-20-7-4-12-24(20)22(25)26-15-16-5-2-1-3-6-16/h1-3,5-6,9-11,13,20H,4,7-8,12,14-15H2. The number of benzene rings is 2. The summed E-state index contributed by atoms with van der Waals surface area (Å²) in [4.78, 5) is 14.4. The first kappa shape index (κ1) is 16.8. The molecule has 1 amide bonds. The molecule has 0 aromatic heterocycles. The van der Waals surface area contributed by atoms with Crippen LogP contribution in [0.25, 0.3) is 5.57 Å². The number of carbonyl (C=O) groups is 1. The second kappa shape index (κ2) is 7.32. The van der Waals surface area contributed by atoms with Crippen molar-refractivity contribution in [3.8, 4) is 0 Å². The molecule has 4 rings (SSSR count). The van der Waals surface area contributed by atoms with Gasteiger partial charge in [0.05, 0.1) is 0 Å². The number of halogens is 1. The summed E-state index contributed by atoms with van der Waals surface area (Å²) in [6, 6.07) is 14.9. The van der Waals surface area contributed by atoms with Crippen LogP contribution in [0.15, 0.2) is 54.6 Å². The summed E-state index contributed by atoms with van der Waals surface area (Å²) >= 11 is 0. The maximum absolute atomic E-state index is 13.4. The van der Waals surface area contributed by atoms with E-state index in [4.69, 9.17) is 4.74 Å². The van der Waals surface area contributed by atoms with Crippen molar-refractivity contribution in [1.29, 1.82) is 0 Å². The molecule has 2 aromatic carbocycles. The van der Waals surface area contributed by atoms with Crippen LogP contribution in [-0.2, 0) is 17.8 Å². The summed E-state index contributed by atoms with van der Waals surface area (Å²) in [6.45, 7) is 1.04. The quantitative estimate of drug-likeness (QED) is 0.779. The van der Waals surface area contributed by atoms with Gasteiger partial charge in [0, 0.05) is 12.6 Å². The summed E-state index contributed by atoms with van der Waals surface area (Å²) in [7, 11) is 0. The SMILES string of the molecule is O=C(OCc1ccccc1)N1CCCC1CC1=CCc2cc(F)ccc21. The lowest BCUT2D eigenvalue weighted by molar-refractivity contribution is 0.0928. The van der Waals surface area contributed by atoms with Crippen molar-refractivity contribution in [2.24, 2.45) is 0 Å². The third kappa shape index (κ3) is 3.50. The lowest BCUT2D eigenvalue weighted by Gasteiger charge is -2.25. The highest BCUT2D eigenvalue weighted by Crippen LogP contribution is 2.34. The summed E-state index contributed by atoms with van der Waals surface area (Å²) in [5.41, 5.74) is 4.37. The fraction of sp³-hybridized carbons (Fsp3) is 0.318. The summed E-state index contributed by atoms with van der Waals surface area (Å²) in [5.74, 6) is -0.189. The number of carbonyl (C=O) groups excluding carboxylic acids is 1. The molecule has 1 unspecified atom stereocenters. The van der Waals surface area contributed by atoms with Crippen LogP contribution in [0.1, 0.15) is 36.0 Å². The molecule has 2 aliphatic rings. The molecular formula is C22H22FNO2. The van der Waals surface area contributed by atoms with Crippen LogP contribution in [0, 0.1) is 5.82 Å². The maximum atomic E-state index is 13.4. The largest absolute Gasteiger partial charge is 0.445 e. The Morgan fingerprint density at radius 3 is 2.88 bits per heavy atom. The minimum atomic E-state index is -0.241. The molecule has 4 heteroatoms. The number of fused-ring (bicyclic) bond motifs is 1. The minimum absolute atomic E-state index is 0.153. The molecule has 134 valence electrons. The third-order valence-electron chi connectivity index (χ3n) is 5.25. The van der Waals surface area contributed by atoms with E-state index in [2.05, 4.69) is 6.08 Å². The molecule has 1 saturated heterocycles. The molecule has 2 aromatic rings. The molecule has 26 heavy (non-hydrogen) atoms. The zero-order valence-corrected chi connectivity index (χ0v) is 14.7. The zero-order valence-electron chi connectivity index (χ0n) is 14.7. The first-order valence-corrected chi connectivity index (χ1v) is 9.16. The zero-order chi connectivity index (χ0) is 17.9. The first-order chi connectivity index (χ1) is 12.7. The van der Waals surface area contributed by atoms with Crippen molar-refractivity contribution in [2.75, 3.05) is 6.54 Å². The van der Waals surface area contributed by atoms with Gasteiger partial charge in [-0.05, 0) is 60.1 Å². The topological polar surface area (TPSA) is 29.5 Å². The monoisotopic (exact) mass is 351 g/mol. The Balaban J connectivity index is 1.39. The normalized spacial score (nSPS) is 18.6. The fourth-order valence-corrected chi connectivity index (χ4v) is 3.93. The smallest absolute Gasteiger partial charge is 0.410 e. The van der Waals surface area contributed by atoms with Crippen LogP contribution < -0.4 is 0 Å². The number of ether oxygens (including phenoxy) is 1. The van der Waals surface area contributed by atoms with Gasteiger partial charge in [0.15, 0.2) is 0 Å². The van der Waals surface area contributed by atoms with Crippen molar-refractivity contribution in [1.82, 2.24) is 4.90 Å². The number of rotatable bonds is 4. The van der Waals surface area contributed by atoms with Gasteiger partial charge in [0.2, 0.25) is 0 Å². The van der Waals surface area contributed by atoms with Crippen molar-refractivity contribution >= 4 is 11.7 Å². The highest BCUT2D eigenvalue weighted by molar-refractivity contribution is 5.74. The summed E-state index contributed by atoms with van der Waals surface area (Å²) in [6.07, 6.45) is 5.47. The van der Waals surface area contributed by atoms with Crippen molar-refractivity contribution in [2.45, 2.75) is 38.3 Å². The van der Waals surface area contributed by atoms with E-state index in [1.54, 1.807) is 6.07 Å². The van der Waals surface area contributed by atoms with E-state index in [9.17, 15) is 9.18 Å². The highest BCUT2D eigenvalue weighted by Gasteiger charge is 2.31. The van der Waals surface area contributed by atoms with E-state index in [0.717, 1.165) is 48.9 Å². The van der Waals surface area contributed by atoms with Crippen LogP contribution in [0.4, 0.5) is 9.18 Å². The van der Waals surface area contributed by atoms with Crippen LogP contribution >= 0.6 is 0 Å². The second-order valence-corrected chi connectivity index (χ2v) is 6.97. The van der Waals surface area contributed by atoms with E-state index >= 15 is 0 Å². The van der Waals surface area contributed by atoms with Gasteiger partial charge in [-0.3, -0.25) is 0 Å². The summed E-state index contributed by atoms with van der Waals surface area (Å²) in [5, 5.41) is 0. The number of nitrogens with zero attached hydrogens (tertiary/aromatic N) is 1. The van der Waals surface area contributed by atoms with Crippen LogP contribution in [-0.4, -0.2) is 23.6 Å². The number of hydrogen-bond donors (Lipinski definition) is 0. The Morgan fingerprint density at radius 2 is 2.04 bits per heavy atom. The van der Waals surface area contributed by atoms with E-state index in [-0.39, 0.29) is 18.0 Å². The molecule has 0 bridgehead atoms. The Hall–Kier alpha value is -2.62. The lowest BCUT2D eigenvalue weighted by Crippen LogP contribution is -2.36. The van der Waals surface area contributed by atoms with Crippen molar-refractivity contribution in [3.05, 3.63) is 77.1 Å². The molecule has 3 nitrogen and oxygen atoms in total. The Bertz CT molecular complexity index is 831.